The lowest BCUT2D eigenvalue weighted by Gasteiger charge is -2.06. The first-order chi connectivity index (χ1) is 9.97. The molecule has 7 heteroatoms. The molecule has 0 atom stereocenters. The van der Waals surface area contributed by atoms with Gasteiger partial charge in [-0.2, -0.15) is 0 Å². The quantitative estimate of drug-likeness (QED) is 0.837. The van der Waals surface area contributed by atoms with Crippen LogP contribution in [0.4, 0.5) is 0 Å². The molecule has 2 rings (SSSR count). The fourth-order valence-corrected chi connectivity index (χ4v) is 3.14. The molecule has 21 heavy (non-hydrogen) atoms. The molecule has 0 aromatic carbocycles. The normalized spacial score (nSPS) is 11.8. The van der Waals surface area contributed by atoms with E-state index in [4.69, 9.17) is 5.73 Å². The van der Waals surface area contributed by atoms with Crippen molar-refractivity contribution in [3.05, 3.63) is 47.5 Å². The van der Waals surface area contributed by atoms with Crippen LogP contribution in [0.2, 0.25) is 0 Å². The van der Waals surface area contributed by atoms with Crippen molar-refractivity contribution in [2.24, 2.45) is 5.73 Å². The number of rotatable bonds is 6. The molecule has 2 heterocycles. The van der Waals surface area contributed by atoms with Crippen LogP contribution in [0.15, 0.2) is 35.5 Å². The Morgan fingerprint density at radius 1 is 1.43 bits per heavy atom. The molecular weight excluding hydrogens is 288 g/mol. The summed E-state index contributed by atoms with van der Waals surface area (Å²) in [4.78, 5) is 4.41. The van der Waals surface area contributed by atoms with Gasteiger partial charge in [0.1, 0.15) is 0 Å². The van der Waals surface area contributed by atoms with Crippen molar-refractivity contribution < 1.29 is 8.42 Å². The van der Waals surface area contributed by atoms with Gasteiger partial charge in [0, 0.05) is 31.2 Å². The zero-order valence-electron chi connectivity index (χ0n) is 12.2. The number of hydrogen-bond acceptors (Lipinski definition) is 4. The third kappa shape index (κ3) is 3.49. The molecule has 0 aliphatic carbocycles. The van der Waals surface area contributed by atoms with Gasteiger partial charge in [-0.25, -0.2) is 13.1 Å². The van der Waals surface area contributed by atoms with Crippen molar-refractivity contribution in [1.29, 1.82) is 0 Å². The highest BCUT2D eigenvalue weighted by Gasteiger charge is 2.18. The maximum absolute atomic E-state index is 12.3. The lowest BCUT2D eigenvalue weighted by molar-refractivity contribution is 0.580. The van der Waals surface area contributed by atoms with Crippen molar-refractivity contribution >= 4 is 10.0 Å². The number of nitrogens with one attached hydrogen (secondary N) is 1. The van der Waals surface area contributed by atoms with E-state index in [1.165, 1.54) is 0 Å². The van der Waals surface area contributed by atoms with E-state index in [1.54, 1.807) is 18.5 Å². The van der Waals surface area contributed by atoms with Gasteiger partial charge in [0.15, 0.2) is 0 Å². The Labute approximate surface area is 125 Å². The summed E-state index contributed by atoms with van der Waals surface area (Å²) in [5.41, 5.74) is 8.09. The minimum atomic E-state index is -3.56. The Morgan fingerprint density at radius 2 is 2.19 bits per heavy atom. The summed E-state index contributed by atoms with van der Waals surface area (Å²) in [5, 5.41) is 0. The molecule has 6 nitrogen and oxygen atoms in total. The van der Waals surface area contributed by atoms with Gasteiger partial charge < -0.3 is 10.3 Å². The summed E-state index contributed by atoms with van der Waals surface area (Å²) in [6.07, 6.45) is 3.26. The van der Waals surface area contributed by atoms with Gasteiger partial charge in [0.05, 0.1) is 17.1 Å². The third-order valence-electron chi connectivity index (χ3n) is 3.37. The summed E-state index contributed by atoms with van der Waals surface area (Å²) in [7, 11) is -3.56. The highest BCUT2D eigenvalue weighted by Crippen LogP contribution is 2.15. The third-order valence-corrected chi connectivity index (χ3v) is 4.74. The van der Waals surface area contributed by atoms with Crippen LogP contribution in [-0.4, -0.2) is 18.0 Å². The molecular formula is C14H20N4O2S. The van der Waals surface area contributed by atoms with Gasteiger partial charge in [-0.05, 0) is 31.5 Å². The molecule has 0 saturated carbocycles. The van der Waals surface area contributed by atoms with E-state index < -0.39 is 10.0 Å². The molecule has 0 fully saturated rings. The van der Waals surface area contributed by atoms with Gasteiger partial charge in [-0.1, -0.05) is 6.07 Å². The Hall–Kier alpha value is -1.70. The van der Waals surface area contributed by atoms with Crippen LogP contribution >= 0.6 is 0 Å². The van der Waals surface area contributed by atoms with E-state index in [0.29, 0.717) is 13.1 Å². The average molecular weight is 308 g/mol. The Bertz CT molecular complexity index is 701. The summed E-state index contributed by atoms with van der Waals surface area (Å²) in [6.45, 7) is 5.01. The van der Waals surface area contributed by atoms with Crippen molar-refractivity contribution in [2.45, 2.75) is 38.4 Å². The van der Waals surface area contributed by atoms with E-state index in [2.05, 4.69) is 9.71 Å². The standard InChI is InChI=1S/C14H20N4O2S/c1-3-18-10-13(7-12(18)8-15)21(19,20)17-9-14-11(2)5-4-6-16-14/h4-7,10,17H,3,8-9,15H2,1-2H3. The van der Waals surface area contributed by atoms with Crippen LogP contribution < -0.4 is 10.5 Å². The second-order valence-corrected chi connectivity index (χ2v) is 6.52. The van der Waals surface area contributed by atoms with E-state index in [-0.39, 0.29) is 11.4 Å². The molecule has 114 valence electrons. The number of aromatic nitrogens is 2. The predicted molar refractivity (Wildman–Crippen MR) is 81.0 cm³/mol. The van der Waals surface area contributed by atoms with Gasteiger partial charge in [0.2, 0.25) is 10.0 Å². The fraction of sp³-hybridized carbons (Fsp3) is 0.357. The Morgan fingerprint density at radius 3 is 2.76 bits per heavy atom. The Kier molecular flexibility index (Phi) is 4.76. The van der Waals surface area contributed by atoms with Gasteiger partial charge in [-0.3, -0.25) is 4.98 Å². The number of aryl methyl sites for hydroxylation is 2. The first kappa shape index (κ1) is 15.7. The highest BCUT2D eigenvalue weighted by molar-refractivity contribution is 7.89. The summed E-state index contributed by atoms with van der Waals surface area (Å²) in [5.74, 6) is 0. The molecule has 0 unspecified atom stereocenters. The van der Waals surface area contributed by atoms with E-state index in [0.717, 1.165) is 17.0 Å². The van der Waals surface area contributed by atoms with Crippen molar-refractivity contribution in [2.75, 3.05) is 0 Å². The lowest BCUT2D eigenvalue weighted by Crippen LogP contribution is -2.23. The van der Waals surface area contributed by atoms with E-state index in [9.17, 15) is 8.42 Å². The largest absolute Gasteiger partial charge is 0.349 e. The molecule has 0 aliphatic rings. The molecule has 0 radical (unpaired) electrons. The number of nitrogens with zero attached hydrogens (tertiary/aromatic N) is 2. The van der Waals surface area contributed by atoms with Gasteiger partial charge >= 0.3 is 0 Å². The monoisotopic (exact) mass is 308 g/mol. The van der Waals surface area contributed by atoms with Crippen LogP contribution in [0, 0.1) is 6.92 Å². The topological polar surface area (TPSA) is 90.0 Å². The zero-order chi connectivity index (χ0) is 15.5. The van der Waals surface area contributed by atoms with Crippen LogP contribution in [-0.2, 0) is 29.7 Å². The van der Waals surface area contributed by atoms with Crippen LogP contribution in [0.3, 0.4) is 0 Å². The number of hydrogen-bond donors (Lipinski definition) is 2. The molecule has 0 spiro atoms. The second kappa shape index (κ2) is 6.38. The van der Waals surface area contributed by atoms with Crippen LogP contribution in [0.25, 0.3) is 0 Å². The molecule has 0 amide bonds. The predicted octanol–water partition coefficient (Wildman–Crippen LogP) is 1.15. The van der Waals surface area contributed by atoms with Crippen molar-refractivity contribution in [3.8, 4) is 0 Å². The average Bonchev–Trinajstić information content (AvgIpc) is 2.90. The highest BCUT2D eigenvalue weighted by atomic mass is 32.2. The first-order valence-electron chi connectivity index (χ1n) is 6.77. The summed E-state index contributed by atoms with van der Waals surface area (Å²) >= 11 is 0. The Balaban J connectivity index is 2.19. The molecule has 0 bridgehead atoms. The summed E-state index contributed by atoms with van der Waals surface area (Å²) < 4.78 is 29.1. The van der Waals surface area contributed by atoms with Crippen LogP contribution in [0.5, 0.6) is 0 Å². The molecule has 2 aromatic rings. The SMILES string of the molecule is CCn1cc(S(=O)(=O)NCc2ncccc2C)cc1CN. The van der Waals surface area contributed by atoms with Crippen molar-refractivity contribution in [1.82, 2.24) is 14.3 Å². The minimum Gasteiger partial charge on any atom is -0.349 e. The number of pyridine rings is 1. The second-order valence-electron chi connectivity index (χ2n) is 4.75. The van der Waals surface area contributed by atoms with Gasteiger partial charge in [0.25, 0.3) is 0 Å². The first-order valence-corrected chi connectivity index (χ1v) is 8.25. The number of nitrogens with two attached hydrogens (primary N) is 1. The lowest BCUT2D eigenvalue weighted by atomic mass is 10.2. The van der Waals surface area contributed by atoms with Crippen LogP contribution in [0.1, 0.15) is 23.9 Å². The summed E-state index contributed by atoms with van der Waals surface area (Å²) in [6, 6.07) is 5.33. The fourth-order valence-electron chi connectivity index (χ4n) is 2.09. The maximum atomic E-state index is 12.3. The van der Waals surface area contributed by atoms with Gasteiger partial charge in [-0.15, -0.1) is 0 Å². The molecule has 0 aliphatic heterocycles. The maximum Gasteiger partial charge on any atom is 0.242 e. The minimum absolute atomic E-state index is 0.171. The zero-order valence-corrected chi connectivity index (χ0v) is 13.0. The smallest absolute Gasteiger partial charge is 0.242 e. The molecule has 3 N–H and O–H groups in total. The molecule has 0 saturated heterocycles. The van der Waals surface area contributed by atoms with Crippen molar-refractivity contribution in [3.63, 3.8) is 0 Å². The number of sulfonamides is 1. The van der Waals surface area contributed by atoms with E-state index >= 15 is 0 Å². The van der Waals surface area contributed by atoms with E-state index in [1.807, 2.05) is 30.5 Å². The molecule has 2 aromatic heterocycles.